The molecule has 0 nitrogen and oxygen atoms in total. The summed E-state index contributed by atoms with van der Waals surface area (Å²) in [5, 5.41) is 0. The number of rotatable bonds is 0. The van der Waals surface area contributed by atoms with Crippen LogP contribution in [0.5, 0.6) is 0 Å². The van der Waals surface area contributed by atoms with Crippen molar-refractivity contribution in [1.29, 1.82) is 0 Å². The van der Waals surface area contributed by atoms with E-state index in [1.807, 2.05) is 6.66 Å². The predicted molar refractivity (Wildman–Crippen MR) is 8.54 cm³/mol. The molecule has 0 aromatic rings. The van der Waals surface area contributed by atoms with Gasteiger partial charge in [0.2, 0.25) is 0 Å². The van der Waals surface area contributed by atoms with Gasteiger partial charge in [0.1, 0.15) is 0 Å². The molecule has 5 heavy (non-hydrogen) atoms. The minimum Gasteiger partial charge on any atom is 0 e. The van der Waals surface area contributed by atoms with Gasteiger partial charge in [-0.2, -0.15) is 0 Å². The average molecular weight is 253 g/mol. The van der Waals surface area contributed by atoms with Crippen LogP contribution in [0.2, 0.25) is 0 Å². The normalized spacial score (nSPS) is 1.00. The third-order valence-electron chi connectivity index (χ3n) is 0. The minimum atomic E-state index is 0. The minimum absolute atomic E-state index is 0. The number of hydrogen-bond donors (Lipinski definition) is 0. The monoisotopic (exact) mass is 251 g/mol. The summed E-state index contributed by atoms with van der Waals surface area (Å²) in [4.78, 5) is 0. The molecule has 0 atom stereocenters. The van der Waals surface area contributed by atoms with Crippen LogP contribution in [0.15, 0.2) is 0 Å². The van der Waals surface area contributed by atoms with E-state index < -0.39 is 0 Å². The smallest absolute Gasteiger partial charge is 0 e. The van der Waals surface area contributed by atoms with Gasteiger partial charge in [-0.15, -0.1) is 0 Å². The second kappa shape index (κ2) is 34.1. The topological polar surface area (TPSA) is 0 Å². The van der Waals surface area contributed by atoms with Crippen molar-refractivity contribution in [3.8, 4) is 0 Å². The van der Waals surface area contributed by atoms with Gasteiger partial charge >= 0.3 is 22.5 Å². The molecule has 0 aliphatic rings. The Hall–Kier alpha value is 2.25. The molecule has 5 heteroatoms. The molecule has 0 bridgehead atoms. The molecule has 33 valence electrons. The molecule has 0 N–H and O–H groups in total. The molecule has 0 unspecified atom stereocenters. The van der Waals surface area contributed by atoms with Crippen molar-refractivity contribution < 1.29 is 69.5 Å². The maximum Gasteiger partial charge on any atom is 0 e. The van der Waals surface area contributed by atoms with Crippen molar-refractivity contribution in [2.75, 3.05) is 0 Å². The number of hydrogen-bond acceptors (Lipinski definition) is 0. The zero-order valence-electron chi connectivity index (χ0n) is 2.74. The van der Waals surface area contributed by atoms with E-state index in [9.17, 15) is 0 Å². The fourth-order valence-electron chi connectivity index (χ4n) is 0. The van der Waals surface area contributed by atoms with Crippen LogP contribution in [-0.4, -0.2) is 6.66 Å². The first-order valence-electron chi connectivity index (χ1n) is 0.378. The van der Waals surface area contributed by atoms with E-state index in [2.05, 4.69) is 15.8 Å². The predicted octanol–water partition coefficient (Wildman–Crippen LogP) is -0.926. The van der Waals surface area contributed by atoms with Crippen LogP contribution in [0.3, 0.4) is 0 Å². The maximum atomic E-state index is 2.94. The summed E-state index contributed by atoms with van der Waals surface area (Å²) in [6.45, 7) is 1.81. The van der Waals surface area contributed by atoms with Crippen LogP contribution in [0, 0.1) is 0 Å². The Kier molecular flexibility index (Phi) is 183. The van der Waals surface area contributed by atoms with Gasteiger partial charge in [0, 0.05) is 53.6 Å². The van der Waals surface area contributed by atoms with E-state index in [4.69, 9.17) is 0 Å². The third kappa shape index (κ3) is 22.3. The van der Waals surface area contributed by atoms with Crippen LogP contribution in [0.25, 0.3) is 0 Å². The van der Waals surface area contributed by atoms with E-state index in [0.29, 0.717) is 0 Å². The standard InChI is InChI=1S/BH2.Cu.Fe.Mn.Zn/h1H2;;;;/q+1;;;-1;. The van der Waals surface area contributed by atoms with E-state index in [1.54, 1.807) is 0 Å². The SMILES string of the molecule is [BH2][Mn].[Cu].[Fe].[Zn]. The van der Waals surface area contributed by atoms with Crippen LogP contribution in [0.4, 0.5) is 0 Å². The van der Waals surface area contributed by atoms with Gasteiger partial charge < -0.3 is 0 Å². The molecule has 0 aliphatic carbocycles. The van der Waals surface area contributed by atoms with Gasteiger partial charge in [0.25, 0.3) is 0 Å². The first-order chi connectivity index (χ1) is 1.00. The molecule has 0 heterocycles. The van der Waals surface area contributed by atoms with Crippen molar-refractivity contribution in [2.24, 2.45) is 0 Å². The van der Waals surface area contributed by atoms with Gasteiger partial charge in [0.15, 0.2) is 0 Å². The zero-order chi connectivity index (χ0) is 2.00. The molecule has 1 radical (unpaired) electrons. The maximum absolute atomic E-state index is 2.94. The van der Waals surface area contributed by atoms with E-state index in [-0.39, 0.29) is 53.6 Å². The quantitative estimate of drug-likeness (QED) is 0.489. The van der Waals surface area contributed by atoms with Crippen molar-refractivity contribution >= 4 is 6.66 Å². The summed E-state index contributed by atoms with van der Waals surface area (Å²) >= 11 is 2.94. The average Bonchev–Trinajstić information content (AvgIpc) is 1.00. The summed E-state index contributed by atoms with van der Waals surface area (Å²) in [5.74, 6) is 0. The molecule has 0 saturated heterocycles. The van der Waals surface area contributed by atoms with E-state index >= 15 is 0 Å². The molecular weight excluding hydrogens is 251 g/mol. The van der Waals surface area contributed by atoms with Crippen LogP contribution < -0.4 is 0 Å². The van der Waals surface area contributed by atoms with Crippen molar-refractivity contribution in [2.45, 2.75) is 0 Å². The second-order valence-corrected chi connectivity index (χ2v) is 0. The molecule has 0 aromatic carbocycles. The summed E-state index contributed by atoms with van der Waals surface area (Å²) in [7, 11) is 0. The molecule has 0 aliphatic heterocycles. The summed E-state index contributed by atoms with van der Waals surface area (Å²) in [6, 6.07) is 0. The van der Waals surface area contributed by atoms with E-state index in [0.717, 1.165) is 0 Å². The van der Waals surface area contributed by atoms with Gasteiger partial charge in [-0.3, -0.25) is 0 Å². The van der Waals surface area contributed by atoms with Crippen molar-refractivity contribution in [1.82, 2.24) is 0 Å². The van der Waals surface area contributed by atoms with Crippen LogP contribution >= 0.6 is 0 Å². The Morgan fingerprint density at radius 2 is 1.20 bits per heavy atom. The first-order valence-corrected chi connectivity index (χ1v) is 1.56. The zero-order valence-corrected chi connectivity index (χ0v) is 8.93. The van der Waals surface area contributed by atoms with Gasteiger partial charge in [-0.1, -0.05) is 0 Å². The molecule has 0 amide bonds. The summed E-state index contributed by atoms with van der Waals surface area (Å²) < 4.78 is 0. The Bertz CT molecular complexity index is 11.6. The Morgan fingerprint density at radius 3 is 1.20 bits per heavy atom. The molecule has 0 rings (SSSR count). The van der Waals surface area contributed by atoms with Crippen molar-refractivity contribution in [3.05, 3.63) is 0 Å². The van der Waals surface area contributed by atoms with Crippen molar-refractivity contribution in [3.63, 3.8) is 0 Å². The summed E-state index contributed by atoms with van der Waals surface area (Å²) in [5.41, 5.74) is 0. The Balaban J connectivity index is -0.00000000167. The van der Waals surface area contributed by atoms with Crippen LogP contribution in [0.1, 0.15) is 0 Å². The first kappa shape index (κ1) is 26.8. The summed E-state index contributed by atoms with van der Waals surface area (Å²) in [6.07, 6.45) is 0. The molecule has 0 aromatic heterocycles. The fraction of sp³-hybridized carbons (Fsp3) is 0. The largest absolute Gasteiger partial charge is 0 e. The molecular formula is H2BCuFeMnZn. The second-order valence-electron chi connectivity index (χ2n) is 0. The molecule has 0 spiro atoms. The van der Waals surface area contributed by atoms with E-state index in [1.165, 1.54) is 0 Å². The van der Waals surface area contributed by atoms with Crippen LogP contribution in [-0.2, 0) is 69.5 Å². The molecule has 0 saturated carbocycles. The Morgan fingerprint density at radius 1 is 1.20 bits per heavy atom. The van der Waals surface area contributed by atoms with Gasteiger partial charge in [-0.05, 0) is 0 Å². The van der Waals surface area contributed by atoms with Gasteiger partial charge in [-0.25, -0.2) is 0 Å². The molecule has 0 fully saturated rings. The fourth-order valence-corrected chi connectivity index (χ4v) is 0. The third-order valence-corrected chi connectivity index (χ3v) is 0. The van der Waals surface area contributed by atoms with Gasteiger partial charge in [0.05, 0.1) is 0 Å². The Labute approximate surface area is 75.4 Å².